The first-order valence-electron chi connectivity index (χ1n) is 7.56. The highest BCUT2D eigenvalue weighted by atomic mass is 16.2. The SMILES string of the molecule is NC(=O)NCC(=O)NCCC(c1ccccc1)c1ccccc1. The molecule has 0 unspecified atom stereocenters. The van der Waals surface area contributed by atoms with Crippen LogP contribution in [-0.4, -0.2) is 25.0 Å². The summed E-state index contributed by atoms with van der Waals surface area (Å²) in [5.41, 5.74) is 7.36. The molecule has 0 heterocycles. The van der Waals surface area contributed by atoms with Gasteiger partial charge in [-0.2, -0.15) is 0 Å². The van der Waals surface area contributed by atoms with E-state index >= 15 is 0 Å². The number of nitrogens with two attached hydrogens (primary N) is 1. The highest BCUT2D eigenvalue weighted by Crippen LogP contribution is 2.27. The predicted molar refractivity (Wildman–Crippen MR) is 89.9 cm³/mol. The van der Waals surface area contributed by atoms with Gasteiger partial charge in [0, 0.05) is 12.5 Å². The second-order valence-corrected chi connectivity index (χ2v) is 5.23. The van der Waals surface area contributed by atoms with Gasteiger partial charge in [0.15, 0.2) is 0 Å². The number of hydrogen-bond donors (Lipinski definition) is 3. The van der Waals surface area contributed by atoms with Crippen LogP contribution in [0.3, 0.4) is 0 Å². The molecule has 3 amide bonds. The maximum Gasteiger partial charge on any atom is 0.312 e. The molecule has 2 aromatic carbocycles. The van der Waals surface area contributed by atoms with Gasteiger partial charge in [0.05, 0.1) is 6.54 Å². The van der Waals surface area contributed by atoms with Crippen molar-refractivity contribution >= 4 is 11.9 Å². The minimum Gasteiger partial charge on any atom is -0.355 e. The smallest absolute Gasteiger partial charge is 0.312 e. The standard InChI is InChI=1S/C18H21N3O2/c19-18(23)21-13-17(22)20-12-11-16(14-7-3-1-4-8-14)15-9-5-2-6-10-15/h1-10,16H,11-13H2,(H,20,22)(H3,19,21,23). The number of hydrogen-bond acceptors (Lipinski definition) is 2. The molecule has 23 heavy (non-hydrogen) atoms. The quantitative estimate of drug-likeness (QED) is 0.730. The molecule has 0 aliphatic heterocycles. The van der Waals surface area contributed by atoms with Gasteiger partial charge in [-0.15, -0.1) is 0 Å². The molecule has 0 saturated carbocycles. The zero-order valence-electron chi connectivity index (χ0n) is 12.9. The molecule has 0 fully saturated rings. The van der Waals surface area contributed by atoms with Crippen molar-refractivity contribution in [3.8, 4) is 0 Å². The van der Waals surface area contributed by atoms with Crippen LogP contribution in [0.2, 0.25) is 0 Å². The number of primary amides is 1. The zero-order valence-corrected chi connectivity index (χ0v) is 12.9. The van der Waals surface area contributed by atoms with E-state index in [0.717, 1.165) is 6.42 Å². The average molecular weight is 311 g/mol. The summed E-state index contributed by atoms with van der Waals surface area (Å²) >= 11 is 0. The number of amides is 3. The number of carbonyl (C=O) groups excluding carboxylic acids is 2. The molecule has 0 spiro atoms. The second kappa shape index (κ2) is 8.58. The highest BCUT2D eigenvalue weighted by molar-refractivity contribution is 5.83. The molecule has 120 valence electrons. The van der Waals surface area contributed by atoms with E-state index < -0.39 is 6.03 Å². The Morgan fingerprint density at radius 3 is 1.87 bits per heavy atom. The van der Waals surface area contributed by atoms with Crippen molar-refractivity contribution in [2.45, 2.75) is 12.3 Å². The van der Waals surface area contributed by atoms with Crippen LogP contribution in [-0.2, 0) is 4.79 Å². The number of urea groups is 1. The van der Waals surface area contributed by atoms with E-state index in [0.29, 0.717) is 6.54 Å². The van der Waals surface area contributed by atoms with E-state index in [1.54, 1.807) is 0 Å². The van der Waals surface area contributed by atoms with Crippen molar-refractivity contribution in [1.82, 2.24) is 10.6 Å². The number of rotatable bonds is 7. The minimum atomic E-state index is -0.702. The van der Waals surface area contributed by atoms with E-state index in [1.165, 1.54) is 11.1 Å². The average Bonchev–Trinajstić information content (AvgIpc) is 2.58. The minimum absolute atomic E-state index is 0.101. The summed E-state index contributed by atoms with van der Waals surface area (Å²) < 4.78 is 0. The Bertz CT molecular complexity index is 590. The monoisotopic (exact) mass is 311 g/mol. The van der Waals surface area contributed by atoms with Gasteiger partial charge in [0.1, 0.15) is 0 Å². The molecule has 2 rings (SSSR count). The van der Waals surface area contributed by atoms with E-state index in [4.69, 9.17) is 5.73 Å². The number of nitrogens with one attached hydrogen (secondary N) is 2. The molecule has 0 saturated heterocycles. The van der Waals surface area contributed by atoms with E-state index in [9.17, 15) is 9.59 Å². The Balaban J connectivity index is 1.97. The summed E-state index contributed by atoms with van der Waals surface area (Å²) in [7, 11) is 0. The van der Waals surface area contributed by atoms with Crippen LogP contribution < -0.4 is 16.4 Å². The van der Waals surface area contributed by atoms with Crippen LogP contribution in [0, 0.1) is 0 Å². The maximum absolute atomic E-state index is 11.6. The fraction of sp³-hybridized carbons (Fsp3) is 0.222. The summed E-state index contributed by atoms with van der Waals surface area (Å²) in [4.78, 5) is 22.2. The van der Waals surface area contributed by atoms with Crippen LogP contribution in [0.15, 0.2) is 60.7 Å². The lowest BCUT2D eigenvalue weighted by atomic mass is 9.88. The third-order valence-electron chi connectivity index (χ3n) is 3.58. The molecule has 5 heteroatoms. The van der Waals surface area contributed by atoms with Gasteiger partial charge >= 0.3 is 6.03 Å². The first kappa shape index (κ1) is 16.5. The predicted octanol–water partition coefficient (Wildman–Crippen LogP) is 1.99. The van der Waals surface area contributed by atoms with E-state index in [1.807, 2.05) is 36.4 Å². The Hall–Kier alpha value is -2.82. The maximum atomic E-state index is 11.6. The third-order valence-corrected chi connectivity index (χ3v) is 3.58. The van der Waals surface area contributed by atoms with Crippen molar-refractivity contribution in [3.05, 3.63) is 71.8 Å². The van der Waals surface area contributed by atoms with Crippen molar-refractivity contribution in [3.63, 3.8) is 0 Å². The van der Waals surface area contributed by atoms with E-state index in [-0.39, 0.29) is 18.4 Å². The first-order valence-corrected chi connectivity index (χ1v) is 7.56. The lowest BCUT2D eigenvalue weighted by molar-refractivity contribution is -0.120. The fourth-order valence-electron chi connectivity index (χ4n) is 2.48. The summed E-state index contributed by atoms with van der Waals surface area (Å²) in [6.07, 6.45) is 0.774. The van der Waals surface area contributed by atoms with Gasteiger partial charge in [-0.1, -0.05) is 60.7 Å². The molecule has 0 atom stereocenters. The summed E-state index contributed by atoms with van der Waals surface area (Å²) in [6, 6.07) is 19.7. The van der Waals surface area contributed by atoms with Crippen molar-refractivity contribution in [2.75, 3.05) is 13.1 Å². The molecule has 0 aliphatic carbocycles. The van der Waals surface area contributed by atoms with Crippen LogP contribution in [0.5, 0.6) is 0 Å². The molecule has 4 N–H and O–H groups in total. The molecule has 0 radical (unpaired) electrons. The lowest BCUT2D eigenvalue weighted by Crippen LogP contribution is -2.39. The van der Waals surface area contributed by atoms with Crippen LogP contribution in [0.4, 0.5) is 4.79 Å². The molecule has 5 nitrogen and oxygen atoms in total. The Morgan fingerprint density at radius 2 is 1.39 bits per heavy atom. The van der Waals surface area contributed by atoms with Gasteiger partial charge < -0.3 is 16.4 Å². The summed E-state index contributed by atoms with van der Waals surface area (Å²) in [5.74, 6) is -0.0366. The normalized spacial score (nSPS) is 10.3. The van der Waals surface area contributed by atoms with Crippen molar-refractivity contribution in [1.29, 1.82) is 0 Å². The Morgan fingerprint density at radius 1 is 0.870 bits per heavy atom. The number of benzene rings is 2. The van der Waals surface area contributed by atoms with Gasteiger partial charge in [-0.05, 0) is 17.5 Å². The third kappa shape index (κ3) is 5.47. The molecule has 0 aliphatic rings. The summed E-state index contributed by atoms with van der Waals surface area (Å²) in [6.45, 7) is 0.421. The van der Waals surface area contributed by atoms with Gasteiger partial charge in [0.25, 0.3) is 0 Å². The van der Waals surface area contributed by atoms with Gasteiger partial charge in [-0.3, -0.25) is 4.79 Å². The largest absolute Gasteiger partial charge is 0.355 e. The van der Waals surface area contributed by atoms with E-state index in [2.05, 4.69) is 34.9 Å². The topological polar surface area (TPSA) is 84.2 Å². The highest BCUT2D eigenvalue weighted by Gasteiger charge is 2.14. The Labute approximate surface area is 135 Å². The lowest BCUT2D eigenvalue weighted by Gasteiger charge is -2.18. The van der Waals surface area contributed by atoms with Crippen LogP contribution in [0.25, 0.3) is 0 Å². The second-order valence-electron chi connectivity index (χ2n) is 5.23. The zero-order chi connectivity index (χ0) is 16.5. The van der Waals surface area contributed by atoms with Crippen LogP contribution >= 0.6 is 0 Å². The fourth-order valence-corrected chi connectivity index (χ4v) is 2.48. The molecule has 0 bridgehead atoms. The van der Waals surface area contributed by atoms with Crippen molar-refractivity contribution < 1.29 is 9.59 Å². The number of carbonyl (C=O) groups is 2. The first-order chi connectivity index (χ1) is 11.2. The molecular formula is C18H21N3O2. The Kier molecular flexibility index (Phi) is 6.17. The molecule has 0 aromatic heterocycles. The van der Waals surface area contributed by atoms with Gasteiger partial charge in [-0.25, -0.2) is 4.79 Å². The van der Waals surface area contributed by atoms with Crippen molar-refractivity contribution in [2.24, 2.45) is 5.73 Å². The van der Waals surface area contributed by atoms with Crippen LogP contribution in [0.1, 0.15) is 23.5 Å². The molecular weight excluding hydrogens is 290 g/mol. The summed E-state index contributed by atoms with van der Waals surface area (Å²) in [5, 5.41) is 5.07. The van der Waals surface area contributed by atoms with Gasteiger partial charge in [0.2, 0.25) is 5.91 Å². The molecule has 2 aromatic rings.